The highest BCUT2D eigenvalue weighted by atomic mass is 16.1. The van der Waals surface area contributed by atoms with Crippen molar-refractivity contribution in [1.82, 2.24) is 14.8 Å². The molecule has 1 aliphatic rings. The van der Waals surface area contributed by atoms with Crippen LogP contribution in [0.25, 0.3) is 10.9 Å². The zero-order valence-electron chi connectivity index (χ0n) is 16.8. The summed E-state index contributed by atoms with van der Waals surface area (Å²) in [6.07, 6.45) is 6.28. The van der Waals surface area contributed by atoms with Crippen molar-refractivity contribution in [2.75, 3.05) is 19.6 Å². The van der Waals surface area contributed by atoms with E-state index in [1.54, 1.807) is 0 Å². The molecule has 0 bridgehead atoms. The summed E-state index contributed by atoms with van der Waals surface area (Å²) in [6, 6.07) is 6.77. The largest absolute Gasteiger partial charge is 0.352 e. The number of carbonyl (C=O) groups excluding carboxylic acids is 1. The molecule has 0 unspecified atom stereocenters. The highest BCUT2D eigenvalue weighted by Gasteiger charge is 2.20. The van der Waals surface area contributed by atoms with Crippen LogP contribution in [0.1, 0.15) is 60.6 Å². The molecule has 0 saturated carbocycles. The Morgan fingerprint density at radius 2 is 2.08 bits per heavy atom. The Morgan fingerprint density at radius 1 is 1.27 bits per heavy atom. The summed E-state index contributed by atoms with van der Waals surface area (Å²) < 4.78 is 2.19. The summed E-state index contributed by atoms with van der Waals surface area (Å²) in [5.41, 5.74) is 4.46. The van der Waals surface area contributed by atoms with Gasteiger partial charge in [0.1, 0.15) is 0 Å². The van der Waals surface area contributed by atoms with Crippen molar-refractivity contribution in [3.05, 3.63) is 35.0 Å². The Hall–Kier alpha value is -1.81. The minimum Gasteiger partial charge on any atom is -0.352 e. The third-order valence-electron chi connectivity index (χ3n) is 6.20. The molecule has 2 heterocycles. The van der Waals surface area contributed by atoms with E-state index in [1.807, 2.05) is 12.1 Å². The van der Waals surface area contributed by atoms with E-state index in [1.165, 1.54) is 54.4 Å². The zero-order valence-corrected chi connectivity index (χ0v) is 16.8. The third-order valence-corrected chi connectivity index (χ3v) is 6.20. The van der Waals surface area contributed by atoms with Gasteiger partial charge in [0.25, 0.3) is 5.91 Å². The number of aryl methyl sites for hydroxylation is 2. The van der Waals surface area contributed by atoms with Gasteiger partial charge in [-0.3, -0.25) is 4.79 Å². The van der Waals surface area contributed by atoms with Crippen LogP contribution < -0.4 is 5.32 Å². The van der Waals surface area contributed by atoms with E-state index >= 15 is 0 Å². The van der Waals surface area contributed by atoms with Gasteiger partial charge in [-0.2, -0.15) is 0 Å². The van der Waals surface area contributed by atoms with E-state index in [9.17, 15) is 4.79 Å². The smallest absolute Gasteiger partial charge is 0.251 e. The first-order valence-electron chi connectivity index (χ1n) is 10.1. The van der Waals surface area contributed by atoms with Crippen molar-refractivity contribution in [3.8, 4) is 0 Å². The van der Waals surface area contributed by atoms with Gasteiger partial charge in [0.2, 0.25) is 0 Å². The lowest BCUT2D eigenvalue weighted by Gasteiger charge is -2.35. The fourth-order valence-electron chi connectivity index (χ4n) is 4.30. The Morgan fingerprint density at radius 3 is 2.85 bits per heavy atom. The number of fused-ring (bicyclic) bond motifs is 1. The molecule has 0 aliphatic carbocycles. The van der Waals surface area contributed by atoms with Crippen molar-refractivity contribution in [1.29, 1.82) is 0 Å². The van der Waals surface area contributed by atoms with E-state index in [0.717, 1.165) is 31.1 Å². The number of amides is 1. The predicted octanol–water partition coefficient (Wildman–Crippen LogP) is 4.18. The minimum atomic E-state index is 0.0403. The predicted molar refractivity (Wildman–Crippen MR) is 109 cm³/mol. The van der Waals surface area contributed by atoms with Gasteiger partial charge in [-0.25, -0.2) is 0 Å². The van der Waals surface area contributed by atoms with Gasteiger partial charge in [0, 0.05) is 48.3 Å². The average molecular weight is 356 g/mol. The Balaban J connectivity index is 1.55. The van der Waals surface area contributed by atoms with Gasteiger partial charge in [0.15, 0.2) is 0 Å². The molecule has 3 rings (SSSR count). The molecule has 1 saturated heterocycles. The first-order valence-corrected chi connectivity index (χ1v) is 10.1. The van der Waals surface area contributed by atoms with Gasteiger partial charge < -0.3 is 14.8 Å². The van der Waals surface area contributed by atoms with Crippen LogP contribution in [0.15, 0.2) is 18.2 Å². The minimum absolute atomic E-state index is 0.0403. The molecule has 2 aromatic rings. The van der Waals surface area contributed by atoms with E-state index in [0.29, 0.717) is 0 Å². The summed E-state index contributed by atoms with van der Waals surface area (Å²) in [4.78, 5) is 15.1. The van der Waals surface area contributed by atoms with Crippen LogP contribution in [-0.2, 0) is 7.05 Å². The molecule has 0 spiro atoms. The molecule has 1 amide bonds. The molecule has 1 N–H and O–H groups in total. The maximum Gasteiger partial charge on any atom is 0.251 e. The standard InChI is InChI=1S/C22H33N3O/c1-5-19-9-6-7-13-25(19)14-8-12-23-22(26)18-10-11-21-20(15-18)16(2)17(3)24(21)4/h10-11,15,19H,5-9,12-14H2,1-4H3,(H,23,26)/t19-/m0/s1. The van der Waals surface area contributed by atoms with Gasteiger partial charge in [-0.15, -0.1) is 0 Å². The number of carbonyl (C=O) groups is 1. The van der Waals surface area contributed by atoms with E-state index in [4.69, 9.17) is 0 Å². The lowest BCUT2D eigenvalue weighted by Crippen LogP contribution is -2.40. The number of nitrogens with zero attached hydrogens (tertiary/aromatic N) is 2. The lowest BCUT2D eigenvalue weighted by molar-refractivity contribution is 0.0947. The molecule has 1 aromatic carbocycles. The fraction of sp³-hybridized carbons (Fsp3) is 0.591. The second kappa shape index (κ2) is 8.26. The topological polar surface area (TPSA) is 37.3 Å². The first-order chi connectivity index (χ1) is 12.5. The molecule has 0 radical (unpaired) electrons. The second-order valence-electron chi connectivity index (χ2n) is 7.70. The summed E-state index contributed by atoms with van der Waals surface area (Å²) >= 11 is 0. The first kappa shape index (κ1) is 19.0. The van der Waals surface area contributed by atoms with Gasteiger partial charge in [-0.1, -0.05) is 13.3 Å². The van der Waals surface area contributed by atoms with Crippen LogP contribution in [0.4, 0.5) is 0 Å². The number of hydrogen-bond acceptors (Lipinski definition) is 2. The second-order valence-corrected chi connectivity index (χ2v) is 7.70. The van der Waals surface area contributed by atoms with Gasteiger partial charge in [-0.05, 0) is 69.8 Å². The number of piperidine rings is 1. The molecule has 4 heteroatoms. The maximum absolute atomic E-state index is 12.5. The van der Waals surface area contributed by atoms with Crippen molar-refractivity contribution >= 4 is 16.8 Å². The number of nitrogens with one attached hydrogen (secondary N) is 1. The molecule has 26 heavy (non-hydrogen) atoms. The van der Waals surface area contributed by atoms with E-state index < -0.39 is 0 Å². The van der Waals surface area contributed by atoms with Crippen LogP contribution >= 0.6 is 0 Å². The van der Waals surface area contributed by atoms with Crippen molar-refractivity contribution in [2.45, 2.75) is 58.9 Å². The number of hydrogen-bond donors (Lipinski definition) is 1. The Kier molecular flexibility index (Phi) is 6.02. The molecule has 1 aliphatic heterocycles. The Bertz CT molecular complexity index is 777. The summed E-state index contributed by atoms with van der Waals surface area (Å²) in [6.45, 7) is 9.59. The van der Waals surface area contributed by atoms with Crippen molar-refractivity contribution in [3.63, 3.8) is 0 Å². The van der Waals surface area contributed by atoms with Crippen LogP contribution in [0, 0.1) is 13.8 Å². The summed E-state index contributed by atoms with van der Waals surface area (Å²) in [7, 11) is 2.08. The summed E-state index contributed by atoms with van der Waals surface area (Å²) in [5.74, 6) is 0.0403. The third kappa shape index (κ3) is 3.80. The molecule has 142 valence electrons. The van der Waals surface area contributed by atoms with Gasteiger partial charge >= 0.3 is 0 Å². The molecule has 1 fully saturated rings. The molecule has 4 nitrogen and oxygen atoms in total. The highest BCUT2D eigenvalue weighted by molar-refractivity contribution is 5.99. The van der Waals surface area contributed by atoms with Gasteiger partial charge in [0.05, 0.1) is 0 Å². The normalized spacial score (nSPS) is 18.4. The summed E-state index contributed by atoms with van der Waals surface area (Å²) in [5, 5.41) is 4.28. The van der Waals surface area contributed by atoms with Crippen molar-refractivity contribution in [2.24, 2.45) is 7.05 Å². The molecular weight excluding hydrogens is 322 g/mol. The van der Waals surface area contributed by atoms with Crippen molar-refractivity contribution < 1.29 is 4.79 Å². The van der Waals surface area contributed by atoms with E-state index in [-0.39, 0.29) is 5.91 Å². The van der Waals surface area contributed by atoms with Crippen LogP contribution in [0.3, 0.4) is 0 Å². The number of rotatable bonds is 6. The fourth-order valence-corrected chi connectivity index (χ4v) is 4.30. The average Bonchev–Trinajstić information content (AvgIpc) is 2.89. The number of likely N-dealkylation sites (tertiary alicyclic amines) is 1. The Labute approximate surface area is 157 Å². The zero-order chi connectivity index (χ0) is 18.7. The quantitative estimate of drug-likeness (QED) is 0.789. The molecule has 1 atom stereocenters. The number of aromatic nitrogens is 1. The molecule has 1 aromatic heterocycles. The monoisotopic (exact) mass is 355 g/mol. The maximum atomic E-state index is 12.5. The van der Waals surface area contributed by atoms with E-state index in [2.05, 4.69) is 48.7 Å². The van der Waals surface area contributed by atoms with Crippen LogP contribution in [0.2, 0.25) is 0 Å². The number of benzene rings is 1. The highest BCUT2D eigenvalue weighted by Crippen LogP contribution is 2.25. The van der Waals surface area contributed by atoms with Crippen LogP contribution in [0.5, 0.6) is 0 Å². The SMILES string of the molecule is CC[C@H]1CCCCN1CCCNC(=O)c1ccc2c(c1)c(C)c(C)n2C. The lowest BCUT2D eigenvalue weighted by atomic mass is 10.00. The molecular formula is C22H33N3O. The van der Waals surface area contributed by atoms with Crippen LogP contribution in [-0.4, -0.2) is 41.1 Å².